The van der Waals surface area contributed by atoms with Gasteiger partial charge in [-0.3, -0.25) is 0 Å². The number of rotatable bonds is 3. The Balaban J connectivity index is 2.32. The number of aliphatic hydroxyl groups excluding tert-OH is 1. The van der Waals surface area contributed by atoms with Gasteiger partial charge in [0.15, 0.2) is 0 Å². The summed E-state index contributed by atoms with van der Waals surface area (Å²) in [4.78, 5) is -0.0297. The van der Waals surface area contributed by atoms with Crippen molar-refractivity contribution in [2.45, 2.75) is 30.7 Å². The molecular formula is C13H18FNO3S. The zero-order valence-electron chi connectivity index (χ0n) is 10.8. The molecule has 1 N–H and O–H groups in total. The number of piperidine rings is 1. The first kappa shape index (κ1) is 14.4. The highest BCUT2D eigenvalue weighted by Gasteiger charge is 2.34. The van der Waals surface area contributed by atoms with E-state index < -0.39 is 15.8 Å². The molecule has 0 saturated carbocycles. The Morgan fingerprint density at radius 3 is 2.79 bits per heavy atom. The molecule has 1 aromatic carbocycles. The van der Waals surface area contributed by atoms with Crippen LogP contribution in [0.3, 0.4) is 0 Å². The summed E-state index contributed by atoms with van der Waals surface area (Å²) in [5.74, 6) is -0.607. The van der Waals surface area contributed by atoms with Crippen molar-refractivity contribution in [2.24, 2.45) is 5.92 Å². The van der Waals surface area contributed by atoms with Gasteiger partial charge < -0.3 is 5.11 Å². The van der Waals surface area contributed by atoms with E-state index in [-0.39, 0.29) is 30.0 Å². The van der Waals surface area contributed by atoms with Gasteiger partial charge in [0.05, 0.1) is 4.90 Å². The maximum absolute atomic E-state index is 13.2. The van der Waals surface area contributed by atoms with E-state index in [1.54, 1.807) is 0 Å². The summed E-state index contributed by atoms with van der Waals surface area (Å²) in [6.45, 7) is 2.10. The summed E-state index contributed by atoms with van der Waals surface area (Å²) in [7, 11) is -3.69. The summed E-state index contributed by atoms with van der Waals surface area (Å²) in [5, 5.41) is 9.19. The molecule has 0 bridgehead atoms. The molecule has 0 aliphatic carbocycles. The topological polar surface area (TPSA) is 57.6 Å². The third-order valence-electron chi connectivity index (χ3n) is 3.58. The molecule has 1 aromatic rings. The zero-order chi connectivity index (χ0) is 14.0. The molecule has 1 heterocycles. The van der Waals surface area contributed by atoms with Crippen LogP contribution in [0.5, 0.6) is 0 Å². The lowest BCUT2D eigenvalue weighted by molar-refractivity contribution is 0.139. The van der Waals surface area contributed by atoms with Crippen LogP contribution in [-0.2, 0) is 10.0 Å². The highest BCUT2D eigenvalue weighted by atomic mass is 32.2. The van der Waals surface area contributed by atoms with Gasteiger partial charge in [-0.05, 0) is 43.9 Å². The Hall–Kier alpha value is -0.980. The molecule has 0 radical (unpaired) electrons. The Bertz CT molecular complexity index is 547. The van der Waals surface area contributed by atoms with E-state index in [4.69, 9.17) is 0 Å². The number of halogens is 1. The first-order valence-electron chi connectivity index (χ1n) is 6.33. The van der Waals surface area contributed by atoms with E-state index in [2.05, 4.69) is 0 Å². The monoisotopic (exact) mass is 287 g/mol. The van der Waals surface area contributed by atoms with Crippen molar-refractivity contribution in [3.8, 4) is 0 Å². The highest BCUT2D eigenvalue weighted by molar-refractivity contribution is 7.89. The quantitative estimate of drug-likeness (QED) is 0.919. The van der Waals surface area contributed by atoms with Crippen LogP contribution in [0, 0.1) is 11.7 Å². The van der Waals surface area contributed by atoms with Gasteiger partial charge in [0.2, 0.25) is 10.0 Å². The second-order valence-corrected chi connectivity index (χ2v) is 6.90. The smallest absolute Gasteiger partial charge is 0.243 e. The van der Waals surface area contributed by atoms with Gasteiger partial charge in [0.25, 0.3) is 0 Å². The van der Waals surface area contributed by atoms with E-state index in [1.165, 1.54) is 22.5 Å². The normalized spacial score (nSPS) is 25.4. The summed E-state index contributed by atoms with van der Waals surface area (Å²) in [6, 6.07) is 4.91. The molecule has 0 aromatic heterocycles. The maximum Gasteiger partial charge on any atom is 0.243 e. The number of sulfonamides is 1. The molecule has 0 amide bonds. The largest absolute Gasteiger partial charge is 0.396 e. The Morgan fingerprint density at radius 1 is 1.42 bits per heavy atom. The van der Waals surface area contributed by atoms with Crippen LogP contribution in [-0.4, -0.2) is 37.0 Å². The van der Waals surface area contributed by atoms with Gasteiger partial charge in [0, 0.05) is 19.2 Å². The van der Waals surface area contributed by atoms with Gasteiger partial charge in [-0.25, -0.2) is 12.8 Å². The van der Waals surface area contributed by atoms with Crippen molar-refractivity contribution in [3.63, 3.8) is 0 Å². The Kier molecular flexibility index (Phi) is 4.23. The molecule has 2 unspecified atom stereocenters. The van der Waals surface area contributed by atoms with Gasteiger partial charge in [-0.2, -0.15) is 4.31 Å². The summed E-state index contributed by atoms with van der Waals surface area (Å²) in [5.41, 5.74) is 0. The predicted octanol–water partition coefficient (Wildman–Crippen LogP) is 1.61. The van der Waals surface area contributed by atoms with Crippen LogP contribution in [0.2, 0.25) is 0 Å². The maximum atomic E-state index is 13.2. The standard InChI is InChI=1S/C13H18FNO3S/c1-10-5-6-11(9-16)8-15(10)19(17,18)13-4-2-3-12(14)7-13/h2-4,7,10-11,16H,5-6,8-9H2,1H3. The molecule has 1 saturated heterocycles. The molecular weight excluding hydrogens is 269 g/mol. The number of aliphatic hydroxyl groups is 1. The average Bonchev–Trinajstić information content (AvgIpc) is 2.39. The fourth-order valence-electron chi connectivity index (χ4n) is 2.39. The first-order chi connectivity index (χ1) is 8.95. The van der Waals surface area contributed by atoms with Crippen LogP contribution >= 0.6 is 0 Å². The minimum Gasteiger partial charge on any atom is -0.396 e. The van der Waals surface area contributed by atoms with Crippen LogP contribution in [0.4, 0.5) is 4.39 Å². The summed E-state index contributed by atoms with van der Waals surface area (Å²) in [6.07, 6.45) is 1.52. The molecule has 4 nitrogen and oxygen atoms in total. The van der Waals surface area contributed by atoms with Crippen molar-refractivity contribution < 1.29 is 17.9 Å². The van der Waals surface area contributed by atoms with Crippen molar-refractivity contribution in [3.05, 3.63) is 30.1 Å². The minimum absolute atomic E-state index is 0.0259. The minimum atomic E-state index is -3.69. The number of benzene rings is 1. The van der Waals surface area contributed by atoms with Gasteiger partial charge >= 0.3 is 0 Å². The number of hydrogen-bond acceptors (Lipinski definition) is 3. The number of hydrogen-bond donors (Lipinski definition) is 1. The number of nitrogens with zero attached hydrogens (tertiary/aromatic N) is 1. The van der Waals surface area contributed by atoms with Crippen LogP contribution < -0.4 is 0 Å². The molecule has 1 aliphatic rings. The van der Waals surface area contributed by atoms with E-state index in [0.29, 0.717) is 6.42 Å². The van der Waals surface area contributed by atoms with Crippen molar-refractivity contribution in [1.82, 2.24) is 4.31 Å². The second-order valence-electron chi connectivity index (χ2n) is 5.01. The van der Waals surface area contributed by atoms with Crippen molar-refractivity contribution >= 4 is 10.0 Å². The second kappa shape index (κ2) is 5.56. The third-order valence-corrected chi connectivity index (χ3v) is 5.56. The zero-order valence-corrected chi connectivity index (χ0v) is 11.6. The summed E-state index contributed by atoms with van der Waals surface area (Å²) >= 11 is 0. The van der Waals surface area contributed by atoms with Crippen LogP contribution in [0.15, 0.2) is 29.2 Å². The van der Waals surface area contributed by atoms with E-state index in [1.807, 2.05) is 6.92 Å². The average molecular weight is 287 g/mol. The van der Waals surface area contributed by atoms with Crippen LogP contribution in [0.25, 0.3) is 0 Å². The van der Waals surface area contributed by atoms with E-state index >= 15 is 0 Å². The van der Waals surface area contributed by atoms with Gasteiger partial charge in [0.1, 0.15) is 5.82 Å². The third kappa shape index (κ3) is 2.96. The molecule has 2 rings (SSSR count). The lowest BCUT2D eigenvalue weighted by atomic mass is 9.96. The van der Waals surface area contributed by atoms with E-state index in [0.717, 1.165) is 12.5 Å². The van der Waals surface area contributed by atoms with Gasteiger partial charge in [-0.15, -0.1) is 0 Å². The lowest BCUT2D eigenvalue weighted by Crippen LogP contribution is -2.46. The first-order valence-corrected chi connectivity index (χ1v) is 7.77. The lowest BCUT2D eigenvalue weighted by Gasteiger charge is -2.36. The molecule has 1 fully saturated rings. The van der Waals surface area contributed by atoms with E-state index in [9.17, 15) is 17.9 Å². The fraction of sp³-hybridized carbons (Fsp3) is 0.538. The molecule has 6 heteroatoms. The summed E-state index contributed by atoms with van der Waals surface area (Å²) < 4.78 is 39.5. The molecule has 106 valence electrons. The molecule has 1 aliphatic heterocycles. The van der Waals surface area contributed by atoms with Crippen molar-refractivity contribution in [2.75, 3.05) is 13.2 Å². The molecule has 0 spiro atoms. The van der Waals surface area contributed by atoms with Crippen LogP contribution in [0.1, 0.15) is 19.8 Å². The predicted molar refractivity (Wildman–Crippen MR) is 69.6 cm³/mol. The Morgan fingerprint density at radius 2 is 2.16 bits per heavy atom. The van der Waals surface area contributed by atoms with Crippen molar-refractivity contribution in [1.29, 1.82) is 0 Å². The highest BCUT2D eigenvalue weighted by Crippen LogP contribution is 2.28. The molecule has 19 heavy (non-hydrogen) atoms. The molecule has 2 atom stereocenters. The Labute approximate surface area is 112 Å². The fourth-order valence-corrected chi connectivity index (χ4v) is 4.16. The van der Waals surface area contributed by atoms with Gasteiger partial charge in [-0.1, -0.05) is 6.07 Å². The SMILES string of the molecule is CC1CCC(CO)CN1S(=O)(=O)c1cccc(F)c1.